The Morgan fingerprint density at radius 2 is 2.17 bits per heavy atom. The van der Waals surface area contributed by atoms with Crippen LogP contribution in [0.15, 0.2) is 18.2 Å². The van der Waals surface area contributed by atoms with Crippen molar-refractivity contribution in [2.45, 2.75) is 38.5 Å². The van der Waals surface area contributed by atoms with Crippen LogP contribution in [0.25, 0.3) is 0 Å². The Bertz CT molecular complexity index is 485. The molecule has 1 N–H and O–H groups in total. The lowest BCUT2D eigenvalue weighted by Crippen LogP contribution is -2.11. The summed E-state index contributed by atoms with van der Waals surface area (Å²) in [4.78, 5) is 22.2. The number of nitro groups is 1. The molecule has 1 aliphatic heterocycles. The summed E-state index contributed by atoms with van der Waals surface area (Å²) < 4.78 is 0. The Balaban J connectivity index is 2.22. The number of benzene rings is 1. The SMILES string of the molecule is CCCCCC1C(=O)Nc2ccc([N+](=O)[O-])cc21. The Morgan fingerprint density at radius 1 is 1.39 bits per heavy atom. The van der Waals surface area contributed by atoms with Crippen LogP contribution in [-0.2, 0) is 4.79 Å². The van der Waals surface area contributed by atoms with Crippen LogP contribution in [0.1, 0.15) is 44.1 Å². The molecule has 1 aromatic rings. The third-order valence-electron chi connectivity index (χ3n) is 3.29. The molecule has 0 radical (unpaired) electrons. The van der Waals surface area contributed by atoms with Crippen molar-refractivity contribution in [2.75, 3.05) is 5.32 Å². The molecule has 1 heterocycles. The molecule has 0 spiro atoms. The molecule has 1 unspecified atom stereocenters. The van der Waals surface area contributed by atoms with Crippen LogP contribution in [0.3, 0.4) is 0 Å². The lowest BCUT2D eigenvalue weighted by atomic mass is 9.94. The second-order valence-electron chi connectivity index (χ2n) is 4.57. The predicted octanol–water partition coefficient (Wildman–Crippen LogP) is 3.21. The van der Waals surface area contributed by atoms with Crippen LogP contribution in [0, 0.1) is 10.1 Å². The monoisotopic (exact) mass is 248 g/mol. The van der Waals surface area contributed by atoms with Gasteiger partial charge < -0.3 is 5.32 Å². The number of carbonyl (C=O) groups excluding carboxylic acids is 1. The van der Waals surface area contributed by atoms with E-state index in [2.05, 4.69) is 12.2 Å². The third-order valence-corrected chi connectivity index (χ3v) is 3.29. The van der Waals surface area contributed by atoms with Gasteiger partial charge in [0.25, 0.3) is 5.69 Å². The standard InChI is InChI=1S/C13H16N2O3/c1-2-3-4-5-10-11-8-9(15(17)18)6-7-12(11)14-13(10)16/h6-8,10H,2-5H2,1H3,(H,14,16). The van der Waals surface area contributed by atoms with Gasteiger partial charge in [-0.3, -0.25) is 14.9 Å². The normalized spacial score (nSPS) is 17.4. The zero-order valence-electron chi connectivity index (χ0n) is 10.3. The molecule has 0 fully saturated rings. The number of nitro benzene ring substituents is 1. The van der Waals surface area contributed by atoms with E-state index in [1.165, 1.54) is 12.1 Å². The molecular weight excluding hydrogens is 232 g/mol. The predicted molar refractivity (Wildman–Crippen MR) is 68.6 cm³/mol. The number of amides is 1. The maximum Gasteiger partial charge on any atom is 0.269 e. The van der Waals surface area contributed by atoms with Gasteiger partial charge in [-0.1, -0.05) is 26.2 Å². The number of hydrogen-bond acceptors (Lipinski definition) is 3. The summed E-state index contributed by atoms with van der Waals surface area (Å²) >= 11 is 0. The summed E-state index contributed by atoms with van der Waals surface area (Å²) in [6.07, 6.45) is 3.90. The van der Waals surface area contributed by atoms with E-state index >= 15 is 0 Å². The molecule has 18 heavy (non-hydrogen) atoms. The molecule has 0 saturated heterocycles. The fourth-order valence-corrected chi connectivity index (χ4v) is 2.31. The highest BCUT2D eigenvalue weighted by Gasteiger charge is 2.31. The summed E-state index contributed by atoms with van der Waals surface area (Å²) in [6.45, 7) is 2.10. The highest BCUT2D eigenvalue weighted by atomic mass is 16.6. The van der Waals surface area contributed by atoms with Crippen LogP contribution >= 0.6 is 0 Å². The fourth-order valence-electron chi connectivity index (χ4n) is 2.31. The molecule has 96 valence electrons. The number of rotatable bonds is 5. The van der Waals surface area contributed by atoms with Gasteiger partial charge in [-0.05, 0) is 18.1 Å². The van der Waals surface area contributed by atoms with E-state index in [1.807, 2.05) is 0 Å². The lowest BCUT2D eigenvalue weighted by Gasteiger charge is -2.07. The van der Waals surface area contributed by atoms with Crippen molar-refractivity contribution < 1.29 is 9.72 Å². The molecule has 5 nitrogen and oxygen atoms in total. The van der Waals surface area contributed by atoms with Crippen LogP contribution in [0.2, 0.25) is 0 Å². The largest absolute Gasteiger partial charge is 0.325 e. The van der Waals surface area contributed by atoms with Gasteiger partial charge in [0.15, 0.2) is 0 Å². The minimum absolute atomic E-state index is 0.0402. The molecule has 0 aromatic heterocycles. The maximum atomic E-state index is 11.8. The van der Waals surface area contributed by atoms with E-state index in [1.54, 1.807) is 6.07 Å². The molecule has 1 amide bonds. The van der Waals surface area contributed by atoms with Gasteiger partial charge in [-0.2, -0.15) is 0 Å². The van der Waals surface area contributed by atoms with E-state index in [4.69, 9.17) is 0 Å². The zero-order valence-corrected chi connectivity index (χ0v) is 10.3. The Kier molecular flexibility index (Phi) is 3.60. The van der Waals surface area contributed by atoms with Crippen LogP contribution in [0.5, 0.6) is 0 Å². The summed E-state index contributed by atoms with van der Waals surface area (Å²) in [5.41, 5.74) is 1.53. The minimum atomic E-state index is -0.424. The van der Waals surface area contributed by atoms with E-state index < -0.39 is 4.92 Å². The first-order valence-corrected chi connectivity index (χ1v) is 6.22. The summed E-state index contributed by atoms with van der Waals surface area (Å²) in [5, 5.41) is 13.5. The van der Waals surface area contributed by atoms with Crippen molar-refractivity contribution in [3.63, 3.8) is 0 Å². The van der Waals surface area contributed by atoms with Gasteiger partial charge in [-0.25, -0.2) is 0 Å². The van der Waals surface area contributed by atoms with Gasteiger partial charge in [0.2, 0.25) is 5.91 Å². The van der Waals surface area contributed by atoms with Crippen molar-refractivity contribution in [1.82, 2.24) is 0 Å². The zero-order chi connectivity index (χ0) is 13.1. The molecule has 0 saturated carbocycles. The Labute approximate surface area is 105 Å². The number of unbranched alkanes of at least 4 members (excludes halogenated alkanes) is 2. The van der Waals surface area contributed by atoms with E-state index in [9.17, 15) is 14.9 Å². The first-order chi connectivity index (χ1) is 8.63. The maximum absolute atomic E-state index is 11.8. The van der Waals surface area contributed by atoms with E-state index in [0.717, 1.165) is 31.2 Å². The first kappa shape index (κ1) is 12.5. The smallest absolute Gasteiger partial charge is 0.269 e. The Morgan fingerprint density at radius 3 is 2.83 bits per heavy atom. The molecule has 5 heteroatoms. The third kappa shape index (κ3) is 2.34. The number of hydrogen-bond donors (Lipinski definition) is 1. The second kappa shape index (κ2) is 5.16. The number of fused-ring (bicyclic) bond motifs is 1. The van der Waals surface area contributed by atoms with Crippen LogP contribution in [0.4, 0.5) is 11.4 Å². The number of non-ortho nitro benzene ring substituents is 1. The number of nitrogens with zero attached hydrogens (tertiary/aromatic N) is 1. The van der Waals surface area contributed by atoms with E-state index in [0.29, 0.717) is 5.69 Å². The molecule has 2 rings (SSSR count). The Hall–Kier alpha value is -1.91. The topological polar surface area (TPSA) is 72.2 Å². The van der Waals surface area contributed by atoms with Crippen LogP contribution < -0.4 is 5.32 Å². The minimum Gasteiger partial charge on any atom is -0.325 e. The number of carbonyl (C=O) groups is 1. The van der Waals surface area contributed by atoms with Crippen molar-refractivity contribution in [2.24, 2.45) is 0 Å². The van der Waals surface area contributed by atoms with Crippen LogP contribution in [-0.4, -0.2) is 10.8 Å². The second-order valence-corrected chi connectivity index (χ2v) is 4.57. The number of nitrogens with one attached hydrogen (secondary N) is 1. The first-order valence-electron chi connectivity index (χ1n) is 6.22. The molecule has 0 aliphatic carbocycles. The highest BCUT2D eigenvalue weighted by molar-refractivity contribution is 6.03. The fraction of sp³-hybridized carbons (Fsp3) is 0.462. The molecule has 1 atom stereocenters. The van der Waals surface area contributed by atoms with Crippen molar-refractivity contribution in [3.05, 3.63) is 33.9 Å². The van der Waals surface area contributed by atoms with Gasteiger partial charge >= 0.3 is 0 Å². The average Bonchev–Trinajstić information content (AvgIpc) is 2.65. The molecule has 0 bridgehead atoms. The van der Waals surface area contributed by atoms with Gasteiger partial charge in [0, 0.05) is 17.8 Å². The quantitative estimate of drug-likeness (QED) is 0.494. The summed E-state index contributed by atoms with van der Waals surface area (Å²) in [6, 6.07) is 4.56. The van der Waals surface area contributed by atoms with E-state index in [-0.39, 0.29) is 17.5 Å². The van der Waals surface area contributed by atoms with Gasteiger partial charge in [0.1, 0.15) is 0 Å². The average molecular weight is 248 g/mol. The van der Waals surface area contributed by atoms with Crippen molar-refractivity contribution >= 4 is 17.3 Å². The summed E-state index contributed by atoms with van der Waals surface area (Å²) in [7, 11) is 0. The highest BCUT2D eigenvalue weighted by Crippen LogP contribution is 2.37. The lowest BCUT2D eigenvalue weighted by molar-refractivity contribution is -0.384. The molecule has 1 aromatic carbocycles. The number of anilines is 1. The molecular formula is C13H16N2O3. The van der Waals surface area contributed by atoms with Gasteiger partial charge in [0.05, 0.1) is 10.8 Å². The van der Waals surface area contributed by atoms with Crippen molar-refractivity contribution in [1.29, 1.82) is 0 Å². The van der Waals surface area contributed by atoms with Gasteiger partial charge in [-0.15, -0.1) is 0 Å². The molecule has 1 aliphatic rings. The van der Waals surface area contributed by atoms with Crippen molar-refractivity contribution in [3.8, 4) is 0 Å². The summed E-state index contributed by atoms with van der Waals surface area (Å²) in [5.74, 6) is -0.270.